The van der Waals surface area contributed by atoms with Crippen molar-refractivity contribution < 1.29 is 17.6 Å². The Hall–Kier alpha value is -1.14. The number of nitrogens with one attached hydrogen (secondary N) is 1. The van der Waals surface area contributed by atoms with Gasteiger partial charge in [0.2, 0.25) is 0 Å². The van der Waals surface area contributed by atoms with Gasteiger partial charge in [0.05, 0.1) is 4.90 Å². The number of halogens is 2. The number of amides is 1. The van der Waals surface area contributed by atoms with E-state index in [-0.39, 0.29) is 16.0 Å². The normalized spacial score (nSPS) is 12.3. The van der Waals surface area contributed by atoms with Crippen molar-refractivity contribution in [2.45, 2.75) is 51.0 Å². The van der Waals surface area contributed by atoms with Crippen molar-refractivity contribution in [1.82, 2.24) is 5.32 Å². The van der Waals surface area contributed by atoms with Crippen molar-refractivity contribution in [3.63, 3.8) is 0 Å². The van der Waals surface area contributed by atoms with E-state index in [1.165, 1.54) is 6.92 Å². The molecule has 0 aliphatic heterocycles. The number of rotatable bonds is 5. The van der Waals surface area contributed by atoms with Gasteiger partial charge < -0.3 is 5.32 Å². The van der Waals surface area contributed by atoms with Crippen molar-refractivity contribution in [3.05, 3.63) is 29.1 Å². The van der Waals surface area contributed by atoms with Gasteiger partial charge in [0.1, 0.15) is 5.82 Å². The van der Waals surface area contributed by atoms with E-state index >= 15 is 0 Å². The molecule has 1 aromatic carbocycles. The van der Waals surface area contributed by atoms with Gasteiger partial charge in [-0.15, -0.1) is 0 Å². The smallest absolute Gasteiger partial charge is 0.261 e. The van der Waals surface area contributed by atoms with E-state index in [2.05, 4.69) is 5.32 Å². The van der Waals surface area contributed by atoms with E-state index < -0.39 is 26.3 Å². The Balaban J connectivity index is 3.32. The number of carbonyl (C=O) groups excluding carboxylic acids is 1. The molecule has 0 aliphatic rings. The number of carbonyl (C=O) groups is 1. The molecule has 0 heterocycles. The summed E-state index contributed by atoms with van der Waals surface area (Å²) in [6.45, 7) is 7.16. The van der Waals surface area contributed by atoms with Gasteiger partial charge >= 0.3 is 0 Å². The van der Waals surface area contributed by atoms with Crippen LogP contribution in [-0.4, -0.2) is 19.9 Å². The van der Waals surface area contributed by atoms with Crippen LogP contribution in [0.25, 0.3) is 0 Å². The first kappa shape index (κ1) is 17.9. The van der Waals surface area contributed by atoms with Crippen LogP contribution >= 0.6 is 10.7 Å². The average Bonchev–Trinajstić information content (AvgIpc) is 2.39. The molecule has 0 aromatic heterocycles. The van der Waals surface area contributed by atoms with Gasteiger partial charge in [0, 0.05) is 21.8 Å². The summed E-state index contributed by atoms with van der Waals surface area (Å²) in [6.07, 6.45) is 1.40. The van der Waals surface area contributed by atoms with Crippen LogP contribution in [0.1, 0.15) is 49.5 Å². The minimum absolute atomic E-state index is 0.0256. The second-order valence-corrected chi connectivity index (χ2v) is 7.77. The zero-order chi connectivity index (χ0) is 16.4. The summed E-state index contributed by atoms with van der Waals surface area (Å²) in [7, 11) is 1.16. The molecule has 0 bridgehead atoms. The summed E-state index contributed by atoms with van der Waals surface area (Å²) in [5.41, 5.74) is -0.323. The third-order valence-electron chi connectivity index (χ3n) is 3.81. The molecule has 0 fully saturated rings. The van der Waals surface area contributed by atoms with Gasteiger partial charge in [-0.05, 0) is 44.4 Å². The molecule has 0 saturated heterocycles. The van der Waals surface area contributed by atoms with Crippen LogP contribution in [0.4, 0.5) is 4.39 Å². The van der Waals surface area contributed by atoms with Gasteiger partial charge in [-0.2, -0.15) is 0 Å². The average molecular weight is 336 g/mol. The second kappa shape index (κ2) is 6.32. The Labute approximate surface area is 129 Å². The lowest BCUT2D eigenvalue weighted by atomic mass is 9.94. The lowest BCUT2D eigenvalue weighted by Crippen LogP contribution is -2.45. The number of hydrogen-bond donors (Lipinski definition) is 1. The summed E-state index contributed by atoms with van der Waals surface area (Å²) in [5, 5.41) is 2.81. The highest BCUT2D eigenvalue weighted by molar-refractivity contribution is 8.13. The largest absolute Gasteiger partial charge is 0.347 e. The fourth-order valence-corrected chi connectivity index (χ4v) is 3.12. The monoisotopic (exact) mass is 335 g/mol. The van der Waals surface area contributed by atoms with Crippen molar-refractivity contribution >= 4 is 25.6 Å². The molecule has 4 nitrogen and oxygen atoms in total. The predicted molar refractivity (Wildman–Crippen MR) is 80.6 cm³/mol. The van der Waals surface area contributed by atoms with E-state index in [1.807, 2.05) is 20.8 Å². The quantitative estimate of drug-likeness (QED) is 0.839. The molecule has 1 amide bonds. The van der Waals surface area contributed by atoms with Crippen molar-refractivity contribution in [3.8, 4) is 0 Å². The van der Waals surface area contributed by atoms with Gasteiger partial charge in [-0.3, -0.25) is 4.79 Å². The third-order valence-corrected chi connectivity index (χ3v) is 5.26. The molecular weight excluding hydrogens is 317 g/mol. The molecule has 21 heavy (non-hydrogen) atoms. The Morgan fingerprint density at radius 3 is 2.29 bits per heavy atom. The molecule has 7 heteroatoms. The molecular formula is C14H19ClFNO3S. The third kappa shape index (κ3) is 4.17. The van der Waals surface area contributed by atoms with Crippen LogP contribution in [0.3, 0.4) is 0 Å². The summed E-state index contributed by atoms with van der Waals surface area (Å²) in [6, 6.07) is 1.83. The zero-order valence-corrected chi connectivity index (χ0v) is 14.0. The fourth-order valence-electron chi connectivity index (χ4n) is 1.91. The standard InChI is InChI=1S/C14H19ClFNO3S/c1-5-14(4,6-2)17-13(18)11-7-10(16)8-12(9(11)3)21(15,19)20/h7-8H,5-6H2,1-4H3,(H,17,18). The summed E-state index contributed by atoms with van der Waals surface area (Å²) < 4.78 is 36.5. The molecule has 0 aliphatic carbocycles. The maximum atomic E-state index is 13.6. The minimum Gasteiger partial charge on any atom is -0.347 e. The van der Waals surface area contributed by atoms with Crippen LogP contribution in [0.2, 0.25) is 0 Å². The highest BCUT2D eigenvalue weighted by atomic mass is 35.7. The van der Waals surface area contributed by atoms with Crippen molar-refractivity contribution in [2.75, 3.05) is 0 Å². The van der Waals surface area contributed by atoms with Gasteiger partial charge in [-0.25, -0.2) is 12.8 Å². The zero-order valence-electron chi connectivity index (χ0n) is 12.5. The van der Waals surface area contributed by atoms with Crippen LogP contribution in [0.5, 0.6) is 0 Å². The Morgan fingerprint density at radius 1 is 1.33 bits per heavy atom. The van der Waals surface area contributed by atoms with Crippen LogP contribution < -0.4 is 5.32 Å². The molecule has 1 rings (SSSR count). The first-order chi connectivity index (χ1) is 9.54. The van der Waals surface area contributed by atoms with Gasteiger partial charge in [-0.1, -0.05) is 13.8 Å². The maximum Gasteiger partial charge on any atom is 0.261 e. The molecule has 0 saturated carbocycles. The molecule has 1 N–H and O–H groups in total. The molecule has 118 valence electrons. The molecule has 0 radical (unpaired) electrons. The number of benzene rings is 1. The van der Waals surface area contributed by atoms with E-state index in [9.17, 15) is 17.6 Å². The lowest BCUT2D eigenvalue weighted by molar-refractivity contribution is 0.0899. The van der Waals surface area contributed by atoms with E-state index in [0.717, 1.165) is 12.1 Å². The van der Waals surface area contributed by atoms with Crippen LogP contribution in [-0.2, 0) is 9.05 Å². The summed E-state index contributed by atoms with van der Waals surface area (Å²) in [4.78, 5) is 11.9. The lowest BCUT2D eigenvalue weighted by Gasteiger charge is -2.28. The first-order valence-electron chi connectivity index (χ1n) is 6.61. The van der Waals surface area contributed by atoms with Crippen LogP contribution in [0, 0.1) is 12.7 Å². The highest BCUT2D eigenvalue weighted by Gasteiger charge is 2.26. The molecule has 0 spiro atoms. The Bertz CT molecular complexity index is 654. The van der Waals surface area contributed by atoms with Crippen molar-refractivity contribution in [2.24, 2.45) is 0 Å². The van der Waals surface area contributed by atoms with Gasteiger partial charge in [0.25, 0.3) is 15.0 Å². The van der Waals surface area contributed by atoms with Crippen LogP contribution in [0.15, 0.2) is 17.0 Å². The topological polar surface area (TPSA) is 63.2 Å². The first-order valence-corrected chi connectivity index (χ1v) is 8.92. The molecule has 1 aromatic rings. The SMILES string of the molecule is CCC(C)(CC)NC(=O)c1cc(F)cc(S(=O)(=O)Cl)c1C. The van der Waals surface area contributed by atoms with Crippen molar-refractivity contribution in [1.29, 1.82) is 0 Å². The predicted octanol–water partition coefficient (Wildman–Crippen LogP) is 3.37. The van der Waals surface area contributed by atoms with E-state index in [0.29, 0.717) is 12.8 Å². The fraction of sp³-hybridized carbons (Fsp3) is 0.500. The van der Waals surface area contributed by atoms with Gasteiger partial charge in [0.15, 0.2) is 0 Å². The second-order valence-electron chi connectivity index (χ2n) is 5.24. The Kier molecular flexibility index (Phi) is 5.39. The van der Waals surface area contributed by atoms with E-state index in [4.69, 9.17) is 10.7 Å². The Morgan fingerprint density at radius 2 is 1.86 bits per heavy atom. The summed E-state index contributed by atoms with van der Waals surface area (Å²) in [5.74, 6) is -1.33. The molecule has 0 unspecified atom stereocenters. The minimum atomic E-state index is -4.11. The molecule has 0 atom stereocenters. The maximum absolute atomic E-state index is 13.6. The van der Waals surface area contributed by atoms with E-state index in [1.54, 1.807) is 0 Å². The highest BCUT2D eigenvalue weighted by Crippen LogP contribution is 2.25. The number of hydrogen-bond acceptors (Lipinski definition) is 3. The summed E-state index contributed by atoms with van der Waals surface area (Å²) >= 11 is 0.